The Balaban J connectivity index is 1.42. The molecular weight excluding hydrogens is 332 g/mol. The fraction of sp³-hybridized carbons (Fsp3) is 0.471. The molecule has 0 saturated carbocycles. The maximum Gasteiger partial charge on any atom is 0.271 e. The summed E-state index contributed by atoms with van der Waals surface area (Å²) in [5, 5.41) is 19.1. The first-order valence-electron chi connectivity index (χ1n) is 8.86. The van der Waals surface area contributed by atoms with Gasteiger partial charge in [-0.15, -0.1) is 10.2 Å². The molecule has 9 heteroatoms. The van der Waals surface area contributed by atoms with Crippen LogP contribution in [-0.2, 0) is 19.4 Å². The van der Waals surface area contributed by atoms with E-state index in [1.54, 1.807) is 10.6 Å². The Kier molecular flexibility index (Phi) is 4.37. The van der Waals surface area contributed by atoms with E-state index in [1.165, 1.54) is 0 Å². The zero-order chi connectivity index (χ0) is 18.1. The molecule has 1 aliphatic rings. The third-order valence-corrected chi connectivity index (χ3v) is 4.54. The van der Waals surface area contributed by atoms with Gasteiger partial charge in [-0.2, -0.15) is 5.10 Å². The molecule has 0 aromatic carbocycles. The third-order valence-electron chi connectivity index (χ3n) is 4.54. The summed E-state index contributed by atoms with van der Waals surface area (Å²) < 4.78 is 3.83. The van der Waals surface area contributed by atoms with E-state index in [1.807, 2.05) is 19.9 Å². The number of nitrogens with zero attached hydrogens (tertiary/aromatic N) is 6. The van der Waals surface area contributed by atoms with Crippen LogP contribution in [0.2, 0.25) is 0 Å². The Morgan fingerprint density at radius 2 is 2.15 bits per heavy atom. The van der Waals surface area contributed by atoms with Crippen molar-refractivity contribution in [2.75, 3.05) is 19.6 Å². The van der Waals surface area contributed by atoms with Crippen LogP contribution in [0.5, 0.6) is 0 Å². The quantitative estimate of drug-likeness (QED) is 0.687. The highest BCUT2D eigenvalue weighted by Crippen LogP contribution is 2.09. The van der Waals surface area contributed by atoms with Crippen LogP contribution in [0.15, 0.2) is 12.1 Å². The molecule has 26 heavy (non-hydrogen) atoms. The summed E-state index contributed by atoms with van der Waals surface area (Å²) >= 11 is 0. The largest absolute Gasteiger partial charge is 0.350 e. The Bertz CT molecular complexity index is 957. The molecule has 0 bridgehead atoms. The van der Waals surface area contributed by atoms with Gasteiger partial charge in [0.05, 0.1) is 0 Å². The Labute approximate surface area is 150 Å². The second-order valence-corrected chi connectivity index (χ2v) is 6.53. The first-order valence-corrected chi connectivity index (χ1v) is 8.86. The van der Waals surface area contributed by atoms with E-state index >= 15 is 0 Å². The summed E-state index contributed by atoms with van der Waals surface area (Å²) in [6.45, 7) is 7.07. The maximum atomic E-state index is 12.4. The van der Waals surface area contributed by atoms with Gasteiger partial charge in [0, 0.05) is 56.5 Å². The monoisotopic (exact) mass is 354 g/mol. The van der Waals surface area contributed by atoms with Crippen LogP contribution < -0.4 is 10.6 Å². The number of hydrogen-bond donors (Lipinski definition) is 2. The van der Waals surface area contributed by atoms with Crippen LogP contribution in [0, 0.1) is 13.8 Å². The average molecular weight is 354 g/mol. The lowest BCUT2D eigenvalue weighted by atomic mass is 10.3. The number of aromatic nitrogens is 6. The van der Waals surface area contributed by atoms with Gasteiger partial charge >= 0.3 is 0 Å². The predicted molar refractivity (Wildman–Crippen MR) is 95.1 cm³/mol. The molecule has 2 N–H and O–H groups in total. The van der Waals surface area contributed by atoms with Crippen molar-refractivity contribution in [3.63, 3.8) is 0 Å². The number of amides is 1. The smallest absolute Gasteiger partial charge is 0.271 e. The summed E-state index contributed by atoms with van der Waals surface area (Å²) in [4.78, 5) is 16.8. The van der Waals surface area contributed by atoms with Gasteiger partial charge in [0.1, 0.15) is 11.6 Å². The number of carbonyl (C=O) groups excluding carboxylic acids is 1. The Hall–Kier alpha value is -2.81. The fourth-order valence-electron chi connectivity index (χ4n) is 3.29. The second kappa shape index (κ2) is 6.83. The van der Waals surface area contributed by atoms with Gasteiger partial charge < -0.3 is 15.2 Å². The molecule has 4 rings (SSSR count). The highest BCUT2D eigenvalue weighted by atomic mass is 16.1. The van der Waals surface area contributed by atoms with Gasteiger partial charge in [-0.1, -0.05) is 0 Å². The zero-order valence-corrected chi connectivity index (χ0v) is 15.0. The summed E-state index contributed by atoms with van der Waals surface area (Å²) in [6.07, 6.45) is 1.52. The number of nitrogens with one attached hydrogen (secondary N) is 2. The molecule has 1 aliphatic heterocycles. The van der Waals surface area contributed by atoms with E-state index in [0.717, 1.165) is 49.1 Å². The lowest BCUT2D eigenvalue weighted by molar-refractivity contribution is 0.0948. The van der Waals surface area contributed by atoms with Gasteiger partial charge in [0.2, 0.25) is 0 Å². The molecular formula is C17H22N8O. The molecule has 1 amide bonds. The van der Waals surface area contributed by atoms with Gasteiger partial charge in [-0.25, -0.2) is 9.50 Å². The molecule has 0 aliphatic carbocycles. The van der Waals surface area contributed by atoms with Crippen molar-refractivity contribution < 1.29 is 4.79 Å². The van der Waals surface area contributed by atoms with E-state index in [0.29, 0.717) is 24.3 Å². The van der Waals surface area contributed by atoms with Crippen molar-refractivity contribution in [1.82, 2.24) is 40.0 Å². The van der Waals surface area contributed by atoms with Crippen molar-refractivity contribution in [2.45, 2.75) is 33.2 Å². The zero-order valence-electron chi connectivity index (χ0n) is 15.0. The Morgan fingerprint density at radius 1 is 1.27 bits per heavy atom. The lowest BCUT2D eigenvalue weighted by Crippen LogP contribution is -2.27. The lowest BCUT2D eigenvalue weighted by Gasteiger charge is -2.07. The van der Waals surface area contributed by atoms with E-state index in [2.05, 4.69) is 35.5 Å². The van der Waals surface area contributed by atoms with Crippen LogP contribution >= 0.6 is 0 Å². The van der Waals surface area contributed by atoms with Crippen LogP contribution in [0.3, 0.4) is 0 Å². The first kappa shape index (κ1) is 16.6. The highest BCUT2D eigenvalue weighted by Gasteiger charge is 2.16. The molecule has 3 aromatic rings. The van der Waals surface area contributed by atoms with Crippen molar-refractivity contribution >= 4 is 11.6 Å². The minimum Gasteiger partial charge on any atom is -0.350 e. The third kappa shape index (κ3) is 3.17. The average Bonchev–Trinajstić information content (AvgIpc) is 3.12. The van der Waals surface area contributed by atoms with Gasteiger partial charge in [-0.05, 0) is 19.9 Å². The van der Waals surface area contributed by atoms with Crippen molar-refractivity contribution in [1.29, 1.82) is 0 Å². The number of fused-ring (bicyclic) bond motifs is 2. The fourth-order valence-corrected chi connectivity index (χ4v) is 3.29. The molecule has 0 unspecified atom stereocenters. The molecule has 9 nitrogen and oxygen atoms in total. The molecule has 3 aromatic heterocycles. The van der Waals surface area contributed by atoms with E-state index in [9.17, 15) is 4.79 Å². The van der Waals surface area contributed by atoms with Crippen molar-refractivity contribution in [2.24, 2.45) is 0 Å². The summed E-state index contributed by atoms with van der Waals surface area (Å²) in [5.41, 5.74) is 2.91. The van der Waals surface area contributed by atoms with E-state index in [4.69, 9.17) is 0 Å². The van der Waals surface area contributed by atoms with Gasteiger partial charge in [0.15, 0.2) is 11.3 Å². The molecule has 0 spiro atoms. The SMILES string of the molecule is Cc1cc(C)n2nc(C(=O)NCCc3nnc4n3CCNCC4)cc2n1. The number of aryl methyl sites for hydroxylation is 2. The standard InChI is InChI=1S/C17H22N8O/c1-11-9-12(2)25-16(20-11)10-13(23-25)17(26)19-6-4-15-22-21-14-3-5-18-7-8-24(14)15/h9-10,18H,3-8H2,1-2H3,(H,19,26). The van der Waals surface area contributed by atoms with Gasteiger partial charge in [0.25, 0.3) is 5.91 Å². The molecule has 4 heterocycles. The van der Waals surface area contributed by atoms with E-state index in [-0.39, 0.29) is 5.91 Å². The normalized spacial score (nSPS) is 14.2. The molecule has 0 atom stereocenters. The molecule has 136 valence electrons. The van der Waals surface area contributed by atoms with Crippen LogP contribution in [-0.4, -0.2) is 54.9 Å². The second-order valence-electron chi connectivity index (χ2n) is 6.53. The van der Waals surface area contributed by atoms with Crippen LogP contribution in [0.4, 0.5) is 0 Å². The summed E-state index contributed by atoms with van der Waals surface area (Å²) in [5.74, 6) is 1.71. The molecule has 0 saturated heterocycles. The number of rotatable bonds is 4. The summed E-state index contributed by atoms with van der Waals surface area (Å²) in [6, 6.07) is 3.65. The summed E-state index contributed by atoms with van der Waals surface area (Å²) in [7, 11) is 0. The van der Waals surface area contributed by atoms with Crippen LogP contribution in [0.1, 0.15) is 33.5 Å². The Morgan fingerprint density at radius 3 is 3.04 bits per heavy atom. The van der Waals surface area contributed by atoms with E-state index < -0.39 is 0 Å². The highest BCUT2D eigenvalue weighted by molar-refractivity contribution is 5.93. The van der Waals surface area contributed by atoms with Crippen molar-refractivity contribution in [3.8, 4) is 0 Å². The minimum atomic E-state index is -0.204. The number of carbonyl (C=O) groups is 1. The topological polar surface area (TPSA) is 102 Å². The number of hydrogen-bond acceptors (Lipinski definition) is 6. The van der Waals surface area contributed by atoms with Gasteiger partial charge in [-0.3, -0.25) is 4.79 Å². The van der Waals surface area contributed by atoms with Crippen LogP contribution in [0.25, 0.3) is 5.65 Å². The minimum absolute atomic E-state index is 0.204. The molecule has 0 fully saturated rings. The maximum absolute atomic E-state index is 12.4. The molecule has 0 radical (unpaired) electrons. The first-order chi connectivity index (χ1) is 12.6. The van der Waals surface area contributed by atoms with Crippen molar-refractivity contribution in [3.05, 3.63) is 40.9 Å². The predicted octanol–water partition coefficient (Wildman–Crippen LogP) is 0.0558.